The lowest BCUT2D eigenvalue weighted by molar-refractivity contribution is 0.0744. The molecular formula is C18H23N3O. The van der Waals surface area contributed by atoms with Gasteiger partial charge in [-0.2, -0.15) is 5.10 Å². The number of carbonyl (C=O) groups is 1. The molecule has 2 aromatic rings. The predicted molar refractivity (Wildman–Crippen MR) is 86.7 cm³/mol. The molecule has 1 aromatic carbocycles. The van der Waals surface area contributed by atoms with Gasteiger partial charge >= 0.3 is 0 Å². The molecule has 22 heavy (non-hydrogen) atoms. The van der Waals surface area contributed by atoms with Gasteiger partial charge in [-0.05, 0) is 38.2 Å². The van der Waals surface area contributed by atoms with Gasteiger partial charge in [0.1, 0.15) is 0 Å². The molecule has 0 saturated carbocycles. The highest BCUT2D eigenvalue weighted by Crippen LogP contribution is 2.25. The molecule has 1 amide bonds. The topological polar surface area (TPSA) is 38.1 Å². The lowest BCUT2D eigenvalue weighted by Gasteiger charge is -2.21. The van der Waals surface area contributed by atoms with Crippen molar-refractivity contribution in [2.45, 2.75) is 39.2 Å². The van der Waals surface area contributed by atoms with E-state index >= 15 is 0 Å². The molecule has 0 aliphatic heterocycles. The zero-order valence-corrected chi connectivity index (χ0v) is 13.4. The van der Waals surface area contributed by atoms with Crippen LogP contribution < -0.4 is 0 Å². The van der Waals surface area contributed by atoms with Crippen LogP contribution in [0.3, 0.4) is 0 Å². The monoisotopic (exact) mass is 297 g/mol. The fraction of sp³-hybridized carbons (Fsp3) is 0.444. The van der Waals surface area contributed by atoms with Gasteiger partial charge in [-0.15, -0.1) is 0 Å². The number of aryl methyl sites for hydroxylation is 1. The number of hydrogen-bond donors (Lipinski definition) is 0. The largest absolute Gasteiger partial charge is 0.333 e. The molecule has 0 N–H and O–H groups in total. The summed E-state index contributed by atoms with van der Waals surface area (Å²) in [4.78, 5) is 14.8. The first-order valence-electron chi connectivity index (χ1n) is 8.08. The first kappa shape index (κ1) is 14.8. The van der Waals surface area contributed by atoms with Gasteiger partial charge in [-0.25, -0.2) is 0 Å². The molecule has 0 radical (unpaired) electrons. The van der Waals surface area contributed by atoms with Crippen molar-refractivity contribution in [2.24, 2.45) is 7.05 Å². The Morgan fingerprint density at radius 1 is 1.23 bits per heavy atom. The van der Waals surface area contributed by atoms with E-state index in [0.29, 0.717) is 18.8 Å². The highest BCUT2D eigenvalue weighted by atomic mass is 16.2. The third kappa shape index (κ3) is 2.78. The smallest absolute Gasteiger partial charge is 0.274 e. The molecule has 0 fully saturated rings. The van der Waals surface area contributed by atoms with Crippen LogP contribution >= 0.6 is 0 Å². The molecular weight excluding hydrogens is 274 g/mol. The maximum Gasteiger partial charge on any atom is 0.274 e. The van der Waals surface area contributed by atoms with E-state index < -0.39 is 0 Å². The van der Waals surface area contributed by atoms with Crippen LogP contribution in [0.25, 0.3) is 0 Å². The van der Waals surface area contributed by atoms with Crippen LogP contribution in [0.2, 0.25) is 0 Å². The summed E-state index contributed by atoms with van der Waals surface area (Å²) in [5.74, 6) is 0.0603. The zero-order valence-electron chi connectivity index (χ0n) is 13.4. The fourth-order valence-corrected chi connectivity index (χ4v) is 3.22. The number of aromatic nitrogens is 2. The standard InChI is InChI=1S/C18H23N3O/c1-3-21(13-14-9-5-4-6-10-14)18(22)17-15-11-7-8-12-16(15)20(2)19-17/h4-6,9-10H,3,7-8,11-13H2,1-2H3. The maximum atomic E-state index is 12.9. The SMILES string of the molecule is CCN(Cc1ccccc1)C(=O)c1nn(C)c2c1CCCC2. The molecule has 1 aliphatic carbocycles. The summed E-state index contributed by atoms with van der Waals surface area (Å²) in [6.07, 6.45) is 4.37. The first-order chi connectivity index (χ1) is 10.7. The minimum absolute atomic E-state index is 0.0603. The van der Waals surface area contributed by atoms with Crippen molar-refractivity contribution in [2.75, 3.05) is 6.54 Å². The molecule has 1 heterocycles. The Morgan fingerprint density at radius 2 is 1.95 bits per heavy atom. The molecule has 4 nitrogen and oxygen atoms in total. The predicted octanol–water partition coefficient (Wildman–Crippen LogP) is 2.96. The van der Waals surface area contributed by atoms with E-state index in [1.54, 1.807) is 0 Å². The Hall–Kier alpha value is -2.10. The number of rotatable bonds is 4. The number of nitrogens with zero attached hydrogens (tertiary/aromatic N) is 3. The lowest BCUT2D eigenvalue weighted by atomic mass is 9.95. The number of fused-ring (bicyclic) bond motifs is 1. The summed E-state index contributed by atoms with van der Waals surface area (Å²) in [5.41, 5.74) is 4.23. The Balaban J connectivity index is 1.86. The zero-order chi connectivity index (χ0) is 15.5. The summed E-state index contributed by atoms with van der Waals surface area (Å²) < 4.78 is 1.90. The molecule has 0 bridgehead atoms. The van der Waals surface area contributed by atoms with Crippen molar-refractivity contribution in [3.05, 3.63) is 52.8 Å². The third-order valence-electron chi connectivity index (χ3n) is 4.45. The normalized spacial score (nSPS) is 13.7. The van der Waals surface area contributed by atoms with Crippen molar-refractivity contribution in [3.8, 4) is 0 Å². The molecule has 3 rings (SSSR count). The molecule has 1 aromatic heterocycles. The van der Waals surface area contributed by atoms with Crippen LogP contribution in [0.4, 0.5) is 0 Å². The number of amides is 1. The first-order valence-corrected chi connectivity index (χ1v) is 8.08. The second-order valence-electron chi connectivity index (χ2n) is 5.91. The second-order valence-corrected chi connectivity index (χ2v) is 5.91. The quantitative estimate of drug-likeness (QED) is 0.870. The molecule has 1 aliphatic rings. The van der Waals surface area contributed by atoms with Crippen molar-refractivity contribution in [1.29, 1.82) is 0 Å². The van der Waals surface area contributed by atoms with E-state index in [2.05, 4.69) is 17.2 Å². The van der Waals surface area contributed by atoms with E-state index in [4.69, 9.17) is 0 Å². The van der Waals surface area contributed by atoms with E-state index in [1.807, 2.05) is 41.8 Å². The number of benzene rings is 1. The molecule has 116 valence electrons. The Kier molecular flexibility index (Phi) is 4.27. The molecule has 0 spiro atoms. The van der Waals surface area contributed by atoms with Gasteiger partial charge in [-0.1, -0.05) is 30.3 Å². The van der Waals surface area contributed by atoms with Crippen molar-refractivity contribution in [3.63, 3.8) is 0 Å². The van der Waals surface area contributed by atoms with E-state index in [0.717, 1.165) is 24.8 Å². The van der Waals surface area contributed by atoms with Crippen LogP contribution in [0.1, 0.15) is 47.1 Å². The van der Waals surface area contributed by atoms with Gasteiger partial charge in [0.15, 0.2) is 5.69 Å². The fourth-order valence-electron chi connectivity index (χ4n) is 3.22. The summed E-state index contributed by atoms with van der Waals surface area (Å²) in [6, 6.07) is 10.1. The van der Waals surface area contributed by atoms with Crippen LogP contribution in [0.15, 0.2) is 30.3 Å². The summed E-state index contributed by atoms with van der Waals surface area (Å²) in [7, 11) is 1.95. The summed E-state index contributed by atoms with van der Waals surface area (Å²) in [5, 5.41) is 4.53. The molecule has 0 saturated heterocycles. The minimum atomic E-state index is 0.0603. The van der Waals surface area contributed by atoms with E-state index in [1.165, 1.54) is 17.7 Å². The molecule has 0 atom stereocenters. The van der Waals surface area contributed by atoms with Crippen molar-refractivity contribution in [1.82, 2.24) is 14.7 Å². The van der Waals surface area contributed by atoms with Gasteiger partial charge in [0.25, 0.3) is 5.91 Å². The molecule has 0 unspecified atom stereocenters. The average Bonchev–Trinajstić information content (AvgIpc) is 2.90. The van der Waals surface area contributed by atoms with Gasteiger partial charge in [0.2, 0.25) is 0 Å². The van der Waals surface area contributed by atoms with Gasteiger partial charge in [-0.3, -0.25) is 9.48 Å². The van der Waals surface area contributed by atoms with E-state index in [-0.39, 0.29) is 5.91 Å². The maximum absolute atomic E-state index is 12.9. The van der Waals surface area contributed by atoms with Crippen LogP contribution in [-0.2, 0) is 26.4 Å². The summed E-state index contributed by atoms with van der Waals surface area (Å²) in [6.45, 7) is 3.36. The van der Waals surface area contributed by atoms with Crippen molar-refractivity contribution < 1.29 is 4.79 Å². The van der Waals surface area contributed by atoms with Crippen LogP contribution in [-0.4, -0.2) is 27.1 Å². The van der Waals surface area contributed by atoms with Crippen LogP contribution in [0, 0.1) is 0 Å². The number of hydrogen-bond acceptors (Lipinski definition) is 2. The molecule has 4 heteroatoms. The second kappa shape index (κ2) is 6.34. The van der Waals surface area contributed by atoms with Gasteiger partial charge < -0.3 is 4.90 Å². The highest BCUT2D eigenvalue weighted by Gasteiger charge is 2.26. The Morgan fingerprint density at radius 3 is 2.68 bits per heavy atom. The van der Waals surface area contributed by atoms with Gasteiger partial charge in [0.05, 0.1) is 0 Å². The van der Waals surface area contributed by atoms with Gasteiger partial charge in [0, 0.05) is 31.4 Å². The van der Waals surface area contributed by atoms with Crippen molar-refractivity contribution >= 4 is 5.91 Å². The minimum Gasteiger partial charge on any atom is -0.333 e. The van der Waals surface area contributed by atoms with Crippen LogP contribution in [0.5, 0.6) is 0 Å². The Labute approximate surface area is 131 Å². The lowest BCUT2D eigenvalue weighted by Crippen LogP contribution is -2.31. The average molecular weight is 297 g/mol. The van der Waals surface area contributed by atoms with E-state index in [9.17, 15) is 4.79 Å². The number of carbonyl (C=O) groups excluding carboxylic acids is 1. The highest BCUT2D eigenvalue weighted by molar-refractivity contribution is 5.94. The Bertz CT molecular complexity index is 660. The summed E-state index contributed by atoms with van der Waals surface area (Å²) >= 11 is 0. The third-order valence-corrected chi connectivity index (χ3v) is 4.45.